The summed E-state index contributed by atoms with van der Waals surface area (Å²) in [5.74, 6) is -0.451. The fourth-order valence-corrected chi connectivity index (χ4v) is 3.96. The molecule has 2 aliphatic heterocycles. The number of hydrogen-bond acceptors (Lipinski definition) is 5. The SMILES string of the molecule is CC(=O)N1C[C@H](C(=O)N2CCN(CC(=O)Nc3cccc(F)c3)CC2)Oc2ccccc21. The second-order valence-electron chi connectivity index (χ2n) is 7.86. The molecule has 0 aromatic heterocycles. The van der Waals surface area contributed by atoms with Gasteiger partial charge < -0.3 is 19.9 Å². The predicted octanol–water partition coefficient (Wildman–Crippen LogP) is 1.72. The molecule has 1 fully saturated rings. The number of benzene rings is 2. The maximum Gasteiger partial charge on any atom is 0.265 e. The number of carbonyl (C=O) groups is 3. The zero-order chi connectivity index (χ0) is 22.7. The Hall–Kier alpha value is -3.46. The van der Waals surface area contributed by atoms with Crippen LogP contribution in [0.3, 0.4) is 0 Å². The van der Waals surface area contributed by atoms with Gasteiger partial charge in [0.1, 0.15) is 11.6 Å². The van der Waals surface area contributed by atoms with Crippen LogP contribution in [0.15, 0.2) is 48.5 Å². The third kappa shape index (κ3) is 4.88. The lowest BCUT2D eigenvalue weighted by Crippen LogP contribution is -2.56. The molecule has 1 atom stereocenters. The van der Waals surface area contributed by atoms with Crippen molar-refractivity contribution in [1.29, 1.82) is 0 Å². The van der Waals surface area contributed by atoms with Gasteiger partial charge >= 0.3 is 0 Å². The smallest absolute Gasteiger partial charge is 0.265 e. The molecule has 1 N–H and O–H groups in total. The Morgan fingerprint density at radius 2 is 1.81 bits per heavy atom. The molecule has 0 bridgehead atoms. The first kappa shape index (κ1) is 21.8. The molecule has 0 saturated carbocycles. The molecule has 2 aromatic rings. The molecule has 0 spiro atoms. The number of carbonyl (C=O) groups excluding carboxylic acids is 3. The molecule has 3 amide bonds. The number of rotatable bonds is 4. The van der Waals surface area contributed by atoms with E-state index in [1.54, 1.807) is 34.1 Å². The van der Waals surface area contributed by atoms with Gasteiger partial charge in [-0.15, -0.1) is 0 Å². The van der Waals surface area contributed by atoms with Crippen LogP contribution >= 0.6 is 0 Å². The molecule has 0 aliphatic carbocycles. The normalized spacial score (nSPS) is 18.5. The van der Waals surface area contributed by atoms with Crippen LogP contribution in [0.25, 0.3) is 0 Å². The summed E-state index contributed by atoms with van der Waals surface area (Å²) in [6, 6.07) is 12.9. The third-order valence-electron chi connectivity index (χ3n) is 5.59. The first-order chi connectivity index (χ1) is 15.4. The minimum Gasteiger partial charge on any atom is -0.476 e. The number of nitrogens with one attached hydrogen (secondary N) is 1. The molecular weight excluding hydrogens is 415 g/mol. The molecule has 9 heteroatoms. The van der Waals surface area contributed by atoms with Gasteiger partial charge in [0.05, 0.1) is 18.8 Å². The standard InChI is InChI=1S/C23H25FN4O4/c1-16(29)28-14-21(32-20-8-3-2-7-19(20)28)23(31)27-11-9-26(10-12-27)15-22(30)25-18-6-4-5-17(24)13-18/h2-8,13,21H,9-12,14-15H2,1H3,(H,25,30)/t21-/m1/s1. The molecule has 4 rings (SSSR count). The Kier molecular flexibility index (Phi) is 6.36. The molecule has 8 nitrogen and oxygen atoms in total. The highest BCUT2D eigenvalue weighted by molar-refractivity contribution is 5.96. The van der Waals surface area contributed by atoms with Crippen LogP contribution in [0, 0.1) is 5.82 Å². The average molecular weight is 440 g/mol. The Labute approximate surface area is 185 Å². The molecule has 2 aromatic carbocycles. The van der Waals surface area contributed by atoms with E-state index < -0.39 is 11.9 Å². The van der Waals surface area contributed by atoms with Crippen LogP contribution < -0.4 is 15.0 Å². The van der Waals surface area contributed by atoms with E-state index in [1.807, 2.05) is 11.0 Å². The fourth-order valence-electron chi connectivity index (χ4n) is 3.96. The minimum absolute atomic E-state index is 0.146. The number of nitrogens with zero attached hydrogens (tertiary/aromatic N) is 3. The molecular formula is C23H25FN4O4. The highest BCUT2D eigenvalue weighted by Crippen LogP contribution is 2.33. The summed E-state index contributed by atoms with van der Waals surface area (Å²) in [6.45, 7) is 3.76. The van der Waals surface area contributed by atoms with E-state index in [4.69, 9.17) is 4.74 Å². The van der Waals surface area contributed by atoms with Crippen molar-refractivity contribution in [3.63, 3.8) is 0 Å². The first-order valence-electron chi connectivity index (χ1n) is 10.5. The second-order valence-corrected chi connectivity index (χ2v) is 7.86. The van der Waals surface area contributed by atoms with Gasteiger partial charge in [0, 0.05) is 38.8 Å². The molecule has 0 radical (unpaired) electrons. The maximum atomic E-state index is 13.3. The summed E-state index contributed by atoms with van der Waals surface area (Å²) in [7, 11) is 0. The van der Waals surface area contributed by atoms with E-state index in [0.717, 1.165) is 0 Å². The zero-order valence-corrected chi connectivity index (χ0v) is 17.8. The number of ether oxygens (including phenoxy) is 1. The zero-order valence-electron chi connectivity index (χ0n) is 17.8. The van der Waals surface area contributed by atoms with Crippen LogP contribution in [0.2, 0.25) is 0 Å². The Bertz CT molecular complexity index is 1020. The van der Waals surface area contributed by atoms with Crippen molar-refractivity contribution in [2.45, 2.75) is 13.0 Å². The highest BCUT2D eigenvalue weighted by atomic mass is 19.1. The van der Waals surface area contributed by atoms with Crippen LogP contribution in [-0.2, 0) is 14.4 Å². The third-order valence-corrected chi connectivity index (χ3v) is 5.59. The Morgan fingerprint density at radius 3 is 2.53 bits per heavy atom. The first-order valence-corrected chi connectivity index (χ1v) is 10.5. The molecule has 0 unspecified atom stereocenters. The van der Waals surface area contributed by atoms with E-state index in [-0.39, 0.29) is 30.8 Å². The van der Waals surface area contributed by atoms with E-state index in [1.165, 1.54) is 25.1 Å². The van der Waals surface area contributed by atoms with Crippen molar-refractivity contribution in [1.82, 2.24) is 9.80 Å². The maximum absolute atomic E-state index is 13.3. The van der Waals surface area contributed by atoms with Crippen molar-refractivity contribution >= 4 is 29.1 Å². The fraction of sp³-hybridized carbons (Fsp3) is 0.348. The number of fused-ring (bicyclic) bond motifs is 1. The number of para-hydroxylation sites is 2. The van der Waals surface area contributed by atoms with Crippen molar-refractivity contribution in [2.24, 2.45) is 0 Å². The Morgan fingerprint density at radius 1 is 1.06 bits per heavy atom. The van der Waals surface area contributed by atoms with Gasteiger partial charge in [0.2, 0.25) is 11.8 Å². The van der Waals surface area contributed by atoms with Gasteiger partial charge in [-0.25, -0.2) is 4.39 Å². The lowest BCUT2D eigenvalue weighted by atomic mass is 10.1. The van der Waals surface area contributed by atoms with Crippen molar-refractivity contribution < 1.29 is 23.5 Å². The van der Waals surface area contributed by atoms with E-state index >= 15 is 0 Å². The summed E-state index contributed by atoms with van der Waals surface area (Å²) in [4.78, 5) is 42.6. The van der Waals surface area contributed by atoms with Gasteiger partial charge in [-0.05, 0) is 30.3 Å². The number of hydrogen-bond donors (Lipinski definition) is 1. The predicted molar refractivity (Wildman–Crippen MR) is 117 cm³/mol. The summed E-state index contributed by atoms with van der Waals surface area (Å²) in [5, 5.41) is 2.68. The topological polar surface area (TPSA) is 82.2 Å². The van der Waals surface area contributed by atoms with Crippen molar-refractivity contribution in [2.75, 3.05) is 49.5 Å². The lowest BCUT2D eigenvalue weighted by Gasteiger charge is -2.39. The van der Waals surface area contributed by atoms with Gasteiger partial charge in [0.25, 0.3) is 5.91 Å². The largest absolute Gasteiger partial charge is 0.476 e. The van der Waals surface area contributed by atoms with Crippen LogP contribution in [0.5, 0.6) is 5.75 Å². The summed E-state index contributed by atoms with van der Waals surface area (Å²) >= 11 is 0. The van der Waals surface area contributed by atoms with Crippen LogP contribution in [0.4, 0.5) is 15.8 Å². The molecule has 1 saturated heterocycles. The van der Waals surface area contributed by atoms with Gasteiger partial charge in [0.15, 0.2) is 6.10 Å². The van der Waals surface area contributed by atoms with E-state index in [2.05, 4.69) is 5.32 Å². The number of halogens is 1. The monoisotopic (exact) mass is 440 g/mol. The molecule has 32 heavy (non-hydrogen) atoms. The number of anilines is 2. The summed E-state index contributed by atoms with van der Waals surface area (Å²) < 4.78 is 19.2. The van der Waals surface area contributed by atoms with Gasteiger partial charge in [-0.2, -0.15) is 0 Å². The average Bonchev–Trinajstić information content (AvgIpc) is 2.78. The Balaban J connectivity index is 1.31. The quantitative estimate of drug-likeness (QED) is 0.783. The van der Waals surface area contributed by atoms with Gasteiger partial charge in [-0.1, -0.05) is 18.2 Å². The van der Waals surface area contributed by atoms with Crippen molar-refractivity contribution in [3.05, 3.63) is 54.3 Å². The van der Waals surface area contributed by atoms with Gasteiger partial charge in [-0.3, -0.25) is 19.3 Å². The second kappa shape index (κ2) is 9.35. The summed E-state index contributed by atoms with van der Waals surface area (Å²) in [5.41, 5.74) is 1.08. The van der Waals surface area contributed by atoms with E-state index in [0.29, 0.717) is 43.3 Å². The molecule has 2 aliphatic rings. The number of piperazine rings is 1. The molecule has 168 valence electrons. The van der Waals surface area contributed by atoms with Crippen molar-refractivity contribution in [3.8, 4) is 5.75 Å². The van der Waals surface area contributed by atoms with Crippen LogP contribution in [0.1, 0.15) is 6.92 Å². The highest BCUT2D eigenvalue weighted by Gasteiger charge is 2.36. The number of amides is 3. The van der Waals surface area contributed by atoms with E-state index in [9.17, 15) is 18.8 Å². The molecule has 2 heterocycles. The van der Waals surface area contributed by atoms with Crippen LogP contribution in [-0.4, -0.2) is 72.9 Å². The lowest BCUT2D eigenvalue weighted by molar-refractivity contribution is -0.140. The summed E-state index contributed by atoms with van der Waals surface area (Å²) in [6.07, 6.45) is -0.767. The minimum atomic E-state index is -0.767.